The number of benzene rings is 1. The van der Waals surface area contributed by atoms with Crippen LogP contribution in [-0.2, 0) is 6.54 Å². The number of rotatable bonds is 3. The average molecular weight is 310 g/mol. The maximum Gasteiger partial charge on any atom is 0.267 e. The summed E-state index contributed by atoms with van der Waals surface area (Å²) in [5.74, 6) is -0.830. The lowest BCUT2D eigenvalue weighted by atomic mass is 9.95. The van der Waals surface area contributed by atoms with E-state index in [1.807, 2.05) is 25.2 Å². The molecule has 0 bridgehead atoms. The van der Waals surface area contributed by atoms with E-state index in [1.54, 1.807) is 6.07 Å². The van der Waals surface area contributed by atoms with Crippen molar-refractivity contribution in [3.8, 4) is 0 Å². The van der Waals surface area contributed by atoms with Crippen LogP contribution in [0.4, 0.5) is 0 Å². The zero-order chi connectivity index (χ0) is 16.4. The summed E-state index contributed by atoms with van der Waals surface area (Å²) >= 11 is 0. The normalized spacial score (nSPS) is 17.3. The van der Waals surface area contributed by atoms with Gasteiger partial charge in [-0.1, -0.05) is 24.3 Å². The molecule has 1 aliphatic heterocycles. The molecular weight excluding hydrogens is 292 g/mol. The van der Waals surface area contributed by atoms with E-state index in [1.165, 1.54) is 17.8 Å². The van der Waals surface area contributed by atoms with Gasteiger partial charge in [-0.05, 0) is 30.3 Å². The second-order valence-electron chi connectivity index (χ2n) is 5.72. The molecule has 6 heteroatoms. The highest BCUT2D eigenvalue weighted by atomic mass is 16.2. The number of likely N-dealkylation sites (N-methyl/N-ethyl adjacent to an activating group) is 1. The van der Waals surface area contributed by atoms with Crippen molar-refractivity contribution in [3.63, 3.8) is 0 Å². The summed E-state index contributed by atoms with van der Waals surface area (Å²) < 4.78 is 0. The van der Waals surface area contributed by atoms with Crippen LogP contribution in [-0.4, -0.2) is 35.3 Å². The standard InChI is InChI=1S/C17H18N4O2/c1-21-9-12-4-2-3-5-13(12)15(10-21)20-17(23)11-6-7-14(16(18)22)19-8-11/h2-8,15H,9-10H2,1H3,(H2,18,22)(H,20,23). The van der Waals surface area contributed by atoms with E-state index in [0.717, 1.165) is 18.7 Å². The van der Waals surface area contributed by atoms with Gasteiger partial charge in [-0.15, -0.1) is 0 Å². The van der Waals surface area contributed by atoms with Crippen LogP contribution in [0.1, 0.15) is 38.0 Å². The van der Waals surface area contributed by atoms with E-state index >= 15 is 0 Å². The number of fused-ring (bicyclic) bond motifs is 1. The zero-order valence-electron chi connectivity index (χ0n) is 12.8. The molecule has 1 aliphatic rings. The summed E-state index contributed by atoms with van der Waals surface area (Å²) in [6.07, 6.45) is 1.37. The SMILES string of the molecule is CN1Cc2ccccc2C(NC(=O)c2ccc(C(N)=O)nc2)C1. The Bertz CT molecular complexity index is 743. The van der Waals surface area contributed by atoms with Crippen LogP contribution in [0.25, 0.3) is 0 Å². The summed E-state index contributed by atoms with van der Waals surface area (Å²) in [6, 6.07) is 11.0. The van der Waals surface area contributed by atoms with E-state index < -0.39 is 5.91 Å². The predicted molar refractivity (Wildman–Crippen MR) is 85.7 cm³/mol. The lowest BCUT2D eigenvalue weighted by molar-refractivity contribution is 0.0919. The van der Waals surface area contributed by atoms with Gasteiger partial charge in [-0.25, -0.2) is 0 Å². The number of nitrogens with zero attached hydrogens (tertiary/aromatic N) is 2. The van der Waals surface area contributed by atoms with E-state index in [2.05, 4.69) is 21.3 Å². The third-order valence-corrected chi connectivity index (χ3v) is 3.95. The maximum absolute atomic E-state index is 12.4. The van der Waals surface area contributed by atoms with Gasteiger partial charge < -0.3 is 11.1 Å². The van der Waals surface area contributed by atoms with E-state index in [0.29, 0.717) is 5.56 Å². The number of pyridine rings is 1. The number of amides is 2. The number of carbonyl (C=O) groups excluding carboxylic acids is 2. The summed E-state index contributed by atoms with van der Waals surface area (Å²) in [6.45, 7) is 1.62. The van der Waals surface area contributed by atoms with Crippen molar-refractivity contribution in [1.29, 1.82) is 0 Å². The van der Waals surface area contributed by atoms with Crippen LogP contribution in [0.3, 0.4) is 0 Å². The molecular formula is C17H18N4O2. The van der Waals surface area contributed by atoms with Gasteiger partial charge in [-0.3, -0.25) is 19.5 Å². The van der Waals surface area contributed by atoms with Gasteiger partial charge in [0.15, 0.2) is 0 Å². The van der Waals surface area contributed by atoms with Crippen LogP contribution in [0.5, 0.6) is 0 Å². The zero-order valence-corrected chi connectivity index (χ0v) is 12.8. The van der Waals surface area contributed by atoms with Gasteiger partial charge in [0.1, 0.15) is 5.69 Å². The van der Waals surface area contributed by atoms with Crippen molar-refractivity contribution < 1.29 is 9.59 Å². The second kappa shape index (κ2) is 6.18. The fourth-order valence-electron chi connectivity index (χ4n) is 2.82. The molecule has 118 valence electrons. The number of nitrogens with one attached hydrogen (secondary N) is 1. The number of hydrogen-bond acceptors (Lipinski definition) is 4. The second-order valence-corrected chi connectivity index (χ2v) is 5.72. The van der Waals surface area contributed by atoms with Gasteiger partial charge in [0.2, 0.25) is 0 Å². The largest absolute Gasteiger partial charge is 0.364 e. The summed E-state index contributed by atoms with van der Waals surface area (Å²) in [5, 5.41) is 3.03. The molecule has 1 atom stereocenters. The Morgan fingerprint density at radius 1 is 1.26 bits per heavy atom. The van der Waals surface area contributed by atoms with Crippen molar-refractivity contribution in [2.45, 2.75) is 12.6 Å². The molecule has 2 aromatic rings. The first-order valence-corrected chi connectivity index (χ1v) is 7.37. The number of nitrogens with two attached hydrogens (primary N) is 1. The molecule has 1 unspecified atom stereocenters. The van der Waals surface area contributed by atoms with Gasteiger partial charge in [0.25, 0.3) is 11.8 Å². The highest BCUT2D eigenvalue weighted by Gasteiger charge is 2.24. The lowest BCUT2D eigenvalue weighted by Gasteiger charge is -2.32. The Hall–Kier alpha value is -2.73. The number of carbonyl (C=O) groups is 2. The van der Waals surface area contributed by atoms with Gasteiger partial charge in [0, 0.05) is 19.3 Å². The Balaban J connectivity index is 1.79. The van der Waals surface area contributed by atoms with Crippen LogP contribution in [0.2, 0.25) is 0 Å². The van der Waals surface area contributed by atoms with Crippen LogP contribution in [0.15, 0.2) is 42.6 Å². The van der Waals surface area contributed by atoms with Crippen LogP contribution >= 0.6 is 0 Å². The topological polar surface area (TPSA) is 88.3 Å². The molecule has 0 radical (unpaired) electrons. The van der Waals surface area contributed by atoms with Crippen molar-refractivity contribution in [2.75, 3.05) is 13.6 Å². The summed E-state index contributed by atoms with van der Waals surface area (Å²) in [5.41, 5.74) is 8.05. The molecule has 0 spiro atoms. The number of primary amides is 1. The first kappa shape index (κ1) is 15.2. The quantitative estimate of drug-likeness (QED) is 0.888. The maximum atomic E-state index is 12.4. The van der Waals surface area contributed by atoms with Crippen LogP contribution in [0, 0.1) is 0 Å². The Morgan fingerprint density at radius 2 is 2.04 bits per heavy atom. The lowest BCUT2D eigenvalue weighted by Crippen LogP contribution is -2.40. The minimum atomic E-state index is -0.611. The Labute approximate surface area is 134 Å². The molecule has 3 N–H and O–H groups in total. The van der Waals surface area contributed by atoms with Crippen molar-refractivity contribution >= 4 is 11.8 Å². The Kier molecular flexibility index (Phi) is 4.08. The van der Waals surface area contributed by atoms with Crippen molar-refractivity contribution in [2.24, 2.45) is 5.73 Å². The summed E-state index contributed by atoms with van der Waals surface area (Å²) in [7, 11) is 2.03. The molecule has 6 nitrogen and oxygen atoms in total. The first-order valence-electron chi connectivity index (χ1n) is 7.37. The van der Waals surface area contributed by atoms with E-state index in [4.69, 9.17) is 5.73 Å². The predicted octanol–water partition coefficient (Wildman–Crippen LogP) is 1.10. The molecule has 0 aliphatic carbocycles. The van der Waals surface area contributed by atoms with Crippen molar-refractivity contribution in [1.82, 2.24) is 15.2 Å². The smallest absolute Gasteiger partial charge is 0.267 e. The molecule has 2 heterocycles. The number of hydrogen-bond donors (Lipinski definition) is 2. The molecule has 1 aromatic heterocycles. The minimum absolute atomic E-state index is 0.0757. The average Bonchev–Trinajstić information content (AvgIpc) is 2.54. The molecule has 0 saturated carbocycles. The fourth-order valence-corrected chi connectivity index (χ4v) is 2.82. The summed E-state index contributed by atoms with van der Waals surface area (Å²) in [4.78, 5) is 29.5. The molecule has 0 saturated heterocycles. The minimum Gasteiger partial charge on any atom is -0.364 e. The van der Waals surface area contributed by atoms with Crippen LogP contribution < -0.4 is 11.1 Å². The number of aromatic nitrogens is 1. The molecule has 23 heavy (non-hydrogen) atoms. The molecule has 1 aromatic carbocycles. The highest BCUT2D eigenvalue weighted by molar-refractivity contribution is 5.96. The van der Waals surface area contributed by atoms with Crippen molar-refractivity contribution in [3.05, 3.63) is 65.0 Å². The first-order chi connectivity index (χ1) is 11.0. The third-order valence-electron chi connectivity index (χ3n) is 3.95. The van der Waals surface area contributed by atoms with E-state index in [9.17, 15) is 9.59 Å². The fraction of sp³-hybridized carbons (Fsp3) is 0.235. The Morgan fingerprint density at radius 3 is 2.74 bits per heavy atom. The monoisotopic (exact) mass is 310 g/mol. The highest BCUT2D eigenvalue weighted by Crippen LogP contribution is 2.25. The molecule has 3 rings (SSSR count). The van der Waals surface area contributed by atoms with Gasteiger partial charge >= 0.3 is 0 Å². The molecule has 2 amide bonds. The third kappa shape index (κ3) is 3.22. The van der Waals surface area contributed by atoms with Gasteiger partial charge in [-0.2, -0.15) is 0 Å². The van der Waals surface area contributed by atoms with Gasteiger partial charge in [0.05, 0.1) is 11.6 Å². The van der Waals surface area contributed by atoms with E-state index in [-0.39, 0.29) is 17.6 Å². The molecule has 0 fully saturated rings.